The van der Waals surface area contributed by atoms with E-state index in [1.165, 1.54) is 11.3 Å². The minimum Gasteiger partial charge on any atom is -0.292 e. The lowest BCUT2D eigenvalue weighted by Crippen LogP contribution is -2.20. The highest BCUT2D eigenvalue weighted by Gasteiger charge is 2.10. The number of thiazole rings is 1. The molecule has 0 spiro atoms. The zero-order valence-electron chi connectivity index (χ0n) is 11.6. The SMILES string of the molecule is O=C(Nc1ccccn1)Nc1csc(C2=CC=CC=NC2)n1.[HH].[HH]. The predicted molar refractivity (Wildman–Crippen MR) is 93.7 cm³/mol. The van der Waals surface area contributed by atoms with Gasteiger partial charge in [-0.15, -0.1) is 11.3 Å². The van der Waals surface area contributed by atoms with Crippen molar-refractivity contribution in [1.29, 1.82) is 0 Å². The van der Waals surface area contributed by atoms with Crippen LogP contribution < -0.4 is 10.6 Å². The van der Waals surface area contributed by atoms with Gasteiger partial charge >= 0.3 is 6.03 Å². The fraction of sp³-hybridized carbons (Fsp3) is 0.0667. The quantitative estimate of drug-likeness (QED) is 0.906. The second-order valence-corrected chi connectivity index (χ2v) is 5.26. The van der Waals surface area contributed by atoms with Crippen LogP contribution in [0.4, 0.5) is 16.4 Å². The molecule has 0 saturated carbocycles. The summed E-state index contributed by atoms with van der Waals surface area (Å²) in [6.45, 7) is 0.583. The number of aromatic nitrogens is 2. The smallest absolute Gasteiger partial charge is 0.292 e. The molecule has 1 aliphatic rings. The molecule has 1 aliphatic heterocycles. The Balaban J connectivity index is 0.00000144. The van der Waals surface area contributed by atoms with Gasteiger partial charge in [-0.3, -0.25) is 15.6 Å². The Morgan fingerprint density at radius 2 is 2.14 bits per heavy atom. The Morgan fingerprint density at radius 1 is 1.23 bits per heavy atom. The van der Waals surface area contributed by atoms with Crippen LogP contribution in [0.1, 0.15) is 7.86 Å². The van der Waals surface area contributed by atoms with Crippen LogP contribution in [0, 0.1) is 0 Å². The Kier molecular flexibility index (Phi) is 4.35. The Hall–Kier alpha value is -2.80. The molecule has 3 rings (SSSR count). The molecule has 0 bridgehead atoms. The van der Waals surface area contributed by atoms with Crippen LogP contribution in [-0.2, 0) is 0 Å². The first-order valence-corrected chi connectivity index (χ1v) is 7.50. The number of urea groups is 1. The normalized spacial score (nSPS) is 13.4. The topological polar surface area (TPSA) is 79.3 Å². The van der Waals surface area contributed by atoms with Crippen LogP contribution in [0.3, 0.4) is 0 Å². The fourth-order valence-corrected chi connectivity index (χ4v) is 2.57. The average molecular weight is 315 g/mol. The number of allylic oxidation sites excluding steroid dienone is 3. The maximum Gasteiger partial charge on any atom is 0.326 e. The van der Waals surface area contributed by atoms with Crippen LogP contribution in [0.2, 0.25) is 0 Å². The largest absolute Gasteiger partial charge is 0.326 e. The number of anilines is 2. The van der Waals surface area contributed by atoms with Crippen molar-refractivity contribution in [2.24, 2.45) is 4.99 Å². The molecule has 3 heterocycles. The molecule has 114 valence electrons. The van der Waals surface area contributed by atoms with E-state index >= 15 is 0 Å². The standard InChI is InChI=1S/C15H13N5OS.2H2/c21-15(19-12-6-2-4-8-17-12)20-13-10-22-14(18-13)11-5-1-3-7-16-9-11;;/h1-8,10H,9H2,(H2,17,19,20,21);2*1H. The van der Waals surface area contributed by atoms with E-state index in [1.807, 2.05) is 18.2 Å². The van der Waals surface area contributed by atoms with Gasteiger partial charge in [-0.25, -0.2) is 14.8 Å². The van der Waals surface area contributed by atoms with E-state index in [4.69, 9.17) is 0 Å². The summed E-state index contributed by atoms with van der Waals surface area (Å²) in [6.07, 6.45) is 9.15. The van der Waals surface area contributed by atoms with E-state index < -0.39 is 0 Å². The molecule has 0 unspecified atom stereocenters. The number of nitrogens with zero attached hydrogens (tertiary/aromatic N) is 3. The highest BCUT2D eigenvalue weighted by molar-refractivity contribution is 7.11. The summed E-state index contributed by atoms with van der Waals surface area (Å²) in [4.78, 5) is 24.5. The third-order valence-corrected chi connectivity index (χ3v) is 3.71. The number of pyridine rings is 1. The number of nitrogens with one attached hydrogen (secondary N) is 2. The lowest BCUT2D eigenvalue weighted by molar-refractivity contribution is 0.262. The van der Waals surface area contributed by atoms with Crippen molar-refractivity contribution in [1.82, 2.24) is 9.97 Å². The van der Waals surface area contributed by atoms with Gasteiger partial charge in [-0.1, -0.05) is 18.2 Å². The molecule has 0 radical (unpaired) electrons. The van der Waals surface area contributed by atoms with Crippen molar-refractivity contribution >= 4 is 40.8 Å². The first-order chi connectivity index (χ1) is 10.8. The molecule has 2 amide bonds. The number of hydrogen-bond donors (Lipinski definition) is 2. The molecule has 22 heavy (non-hydrogen) atoms. The molecule has 0 atom stereocenters. The van der Waals surface area contributed by atoms with E-state index in [0.29, 0.717) is 18.2 Å². The van der Waals surface area contributed by atoms with E-state index in [2.05, 4.69) is 25.6 Å². The van der Waals surface area contributed by atoms with Crippen LogP contribution in [-0.4, -0.2) is 28.8 Å². The molecule has 2 aromatic rings. The molecule has 2 aromatic heterocycles. The average Bonchev–Trinajstić information content (AvgIpc) is 2.82. The van der Waals surface area contributed by atoms with Crippen molar-refractivity contribution < 1.29 is 7.65 Å². The first kappa shape index (κ1) is 14.2. The van der Waals surface area contributed by atoms with Gasteiger partial charge in [0.1, 0.15) is 16.6 Å². The van der Waals surface area contributed by atoms with Crippen molar-refractivity contribution in [2.45, 2.75) is 0 Å². The Morgan fingerprint density at radius 3 is 3.00 bits per heavy atom. The highest BCUT2D eigenvalue weighted by Crippen LogP contribution is 2.23. The number of hydrogen-bond acceptors (Lipinski definition) is 5. The molecule has 2 N–H and O–H groups in total. The Labute approximate surface area is 134 Å². The van der Waals surface area contributed by atoms with Gasteiger partial charge in [0, 0.05) is 26.2 Å². The van der Waals surface area contributed by atoms with Crippen LogP contribution in [0.25, 0.3) is 5.57 Å². The maximum atomic E-state index is 11.9. The number of aliphatic imine (C=N–C) groups is 1. The summed E-state index contributed by atoms with van der Waals surface area (Å²) >= 11 is 1.47. The summed E-state index contributed by atoms with van der Waals surface area (Å²) < 4.78 is 0. The molecule has 0 aliphatic carbocycles. The lowest BCUT2D eigenvalue weighted by Gasteiger charge is -2.04. The van der Waals surface area contributed by atoms with Gasteiger partial charge in [-0.2, -0.15) is 0 Å². The minimum atomic E-state index is -0.372. The zero-order valence-corrected chi connectivity index (χ0v) is 12.4. The van der Waals surface area contributed by atoms with E-state index in [-0.39, 0.29) is 8.88 Å². The second kappa shape index (κ2) is 6.77. The summed E-state index contributed by atoms with van der Waals surface area (Å²) in [5.41, 5.74) is 1.02. The summed E-state index contributed by atoms with van der Waals surface area (Å²) in [6, 6.07) is 4.93. The molecule has 7 heteroatoms. The number of carbonyl (C=O) groups is 1. The first-order valence-electron chi connectivity index (χ1n) is 6.62. The van der Waals surface area contributed by atoms with Crippen LogP contribution in [0.5, 0.6) is 0 Å². The van der Waals surface area contributed by atoms with E-state index in [0.717, 1.165) is 10.6 Å². The van der Waals surface area contributed by atoms with Gasteiger partial charge in [0.05, 0.1) is 6.54 Å². The molecule has 0 aromatic carbocycles. The van der Waals surface area contributed by atoms with E-state index in [1.54, 1.807) is 36.0 Å². The number of amides is 2. The van der Waals surface area contributed by atoms with E-state index in [9.17, 15) is 4.79 Å². The molecular weight excluding hydrogens is 298 g/mol. The van der Waals surface area contributed by atoms with Crippen LogP contribution >= 0.6 is 11.3 Å². The number of rotatable bonds is 3. The predicted octanol–water partition coefficient (Wildman–Crippen LogP) is 3.70. The van der Waals surface area contributed by atoms with Gasteiger partial charge in [0.15, 0.2) is 0 Å². The molecule has 0 saturated heterocycles. The summed E-state index contributed by atoms with van der Waals surface area (Å²) in [7, 11) is 0. The minimum absolute atomic E-state index is 0. The van der Waals surface area contributed by atoms with Gasteiger partial charge < -0.3 is 0 Å². The second-order valence-electron chi connectivity index (χ2n) is 4.40. The van der Waals surface area contributed by atoms with Gasteiger partial charge in [0.25, 0.3) is 0 Å². The highest BCUT2D eigenvalue weighted by atomic mass is 32.1. The van der Waals surface area contributed by atoms with Crippen molar-refractivity contribution in [2.75, 3.05) is 17.2 Å². The van der Waals surface area contributed by atoms with Crippen LogP contribution in [0.15, 0.2) is 53.0 Å². The third-order valence-electron chi connectivity index (χ3n) is 2.79. The molecular formula is C15H17N5OS. The van der Waals surface area contributed by atoms with Crippen molar-refractivity contribution in [3.05, 3.63) is 53.0 Å². The molecule has 0 fully saturated rings. The third kappa shape index (κ3) is 3.64. The van der Waals surface area contributed by atoms with Crippen molar-refractivity contribution in [3.8, 4) is 0 Å². The number of carbonyl (C=O) groups excluding carboxylic acids is 1. The Bertz CT molecular complexity index is 758. The lowest BCUT2D eigenvalue weighted by atomic mass is 10.2. The maximum absolute atomic E-state index is 11.9. The van der Waals surface area contributed by atoms with Gasteiger partial charge in [-0.05, 0) is 18.2 Å². The summed E-state index contributed by atoms with van der Waals surface area (Å²) in [5.74, 6) is 0.993. The molecule has 6 nitrogen and oxygen atoms in total. The monoisotopic (exact) mass is 315 g/mol. The summed E-state index contributed by atoms with van der Waals surface area (Å²) in [5, 5.41) is 7.98. The van der Waals surface area contributed by atoms with Gasteiger partial charge in [0.2, 0.25) is 0 Å². The van der Waals surface area contributed by atoms with Crippen molar-refractivity contribution in [3.63, 3.8) is 0 Å². The zero-order chi connectivity index (χ0) is 15.2. The fourth-order valence-electron chi connectivity index (χ4n) is 1.80.